The third-order valence-corrected chi connectivity index (χ3v) is 5.91. The number of likely N-dealkylation sites (tertiary alicyclic amines) is 1. The zero-order valence-corrected chi connectivity index (χ0v) is 15.6. The summed E-state index contributed by atoms with van der Waals surface area (Å²) in [6.07, 6.45) is 3.39. The van der Waals surface area contributed by atoms with Gasteiger partial charge in [-0.2, -0.15) is 0 Å². The second-order valence-electron chi connectivity index (χ2n) is 6.51. The highest BCUT2D eigenvalue weighted by Crippen LogP contribution is 2.42. The van der Waals surface area contributed by atoms with Crippen molar-refractivity contribution in [3.63, 3.8) is 0 Å². The van der Waals surface area contributed by atoms with Crippen molar-refractivity contribution in [2.75, 3.05) is 25.5 Å². The highest BCUT2D eigenvalue weighted by molar-refractivity contribution is 7.23. The smallest absolute Gasteiger partial charge is 0.322 e. The molecule has 2 aromatic carbocycles. The molecule has 1 aliphatic heterocycles. The van der Waals surface area contributed by atoms with Gasteiger partial charge in [0.05, 0.1) is 12.1 Å². The van der Waals surface area contributed by atoms with E-state index in [0.717, 1.165) is 57.9 Å². The molecular weight excluding hydrogens is 344 g/mol. The number of rotatable bonds is 3. The molecule has 0 atom stereocenters. The van der Waals surface area contributed by atoms with Crippen molar-refractivity contribution in [2.45, 2.75) is 19.3 Å². The number of methoxy groups -OCH3 is 1. The molecule has 26 heavy (non-hydrogen) atoms. The van der Waals surface area contributed by atoms with Crippen LogP contribution in [0.2, 0.25) is 0 Å². The number of piperidine rings is 1. The Morgan fingerprint density at radius 2 is 1.85 bits per heavy atom. The maximum Gasteiger partial charge on any atom is 0.322 e. The number of hydrogen-bond acceptors (Lipinski definition) is 3. The standard InChI is InChI=1S/C21H22N2O2S/c1-25-18-11-10-16(15-8-4-2-5-9-15)20-17(18)14-19(26-20)22-21(24)23-12-6-3-7-13-23/h2,4-5,8-11,14H,3,6-7,12-13H2,1H3,(H,22,24). The number of thiophene rings is 1. The number of carbonyl (C=O) groups excluding carboxylic acids is 1. The summed E-state index contributed by atoms with van der Waals surface area (Å²) in [6, 6.07) is 16.4. The van der Waals surface area contributed by atoms with Gasteiger partial charge in [-0.15, -0.1) is 11.3 Å². The van der Waals surface area contributed by atoms with Gasteiger partial charge < -0.3 is 9.64 Å². The van der Waals surface area contributed by atoms with Crippen molar-refractivity contribution in [3.8, 4) is 16.9 Å². The molecule has 1 saturated heterocycles. The first kappa shape index (κ1) is 16.9. The highest BCUT2D eigenvalue weighted by atomic mass is 32.1. The van der Waals surface area contributed by atoms with E-state index in [9.17, 15) is 4.79 Å². The summed E-state index contributed by atoms with van der Waals surface area (Å²) in [5, 5.41) is 4.97. The van der Waals surface area contributed by atoms with Crippen LogP contribution in [0.25, 0.3) is 21.2 Å². The Balaban J connectivity index is 1.70. The summed E-state index contributed by atoms with van der Waals surface area (Å²) in [5.74, 6) is 0.828. The lowest BCUT2D eigenvalue weighted by molar-refractivity contribution is 0.200. The van der Waals surface area contributed by atoms with Gasteiger partial charge in [0, 0.05) is 23.2 Å². The molecule has 0 bridgehead atoms. The van der Waals surface area contributed by atoms with E-state index in [-0.39, 0.29) is 6.03 Å². The van der Waals surface area contributed by atoms with Crippen LogP contribution in [0.3, 0.4) is 0 Å². The second kappa shape index (κ2) is 7.38. The molecule has 1 aromatic heterocycles. The van der Waals surface area contributed by atoms with E-state index in [2.05, 4.69) is 23.5 Å². The maximum atomic E-state index is 12.5. The SMILES string of the molecule is COc1ccc(-c2ccccc2)c2sc(NC(=O)N3CCCCC3)cc12. The minimum absolute atomic E-state index is 0.00326. The molecule has 4 rings (SSSR count). The second-order valence-corrected chi connectivity index (χ2v) is 7.56. The lowest BCUT2D eigenvalue weighted by Gasteiger charge is -2.26. The number of carbonyl (C=O) groups is 1. The van der Waals surface area contributed by atoms with E-state index < -0.39 is 0 Å². The molecule has 5 heteroatoms. The normalized spacial score (nSPS) is 14.4. The predicted molar refractivity (Wildman–Crippen MR) is 108 cm³/mol. The number of anilines is 1. The predicted octanol–water partition coefficient (Wildman–Crippen LogP) is 5.59. The maximum absolute atomic E-state index is 12.5. The van der Waals surface area contributed by atoms with Crippen LogP contribution in [0.1, 0.15) is 19.3 Å². The fraction of sp³-hybridized carbons (Fsp3) is 0.286. The van der Waals surface area contributed by atoms with Crippen LogP contribution < -0.4 is 10.1 Å². The number of urea groups is 1. The molecule has 134 valence electrons. The highest BCUT2D eigenvalue weighted by Gasteiger charge is 2.18. The van der Waals surface area contributed by atoms with Gasteiger partial charge in [-0.1, -0.05) is 30.3 Å². The van der Waals surface area contributed by atoms with E-state index in [0.29, 0.717) is 0 Å². The Morgan fingerprint density at radius 1 is 1.08 bits per heavy atom. The largest absolute Gasteiger partial charge is 0.496 e. The van der Waals surface area contributed by atoms with E-state index in [1.165, 1.54) is 6.42 Å². The van der Waals surface area contributed by atoms with E-state index in [1.807, 2.05) is 35.2 Å². The first-order valence-electron chi connectivity index (χ1n) is 8.98. The third kappa shape index (κ3) is 3.27. The Kier molecular flexibility index (Phi) is 4.80. The molecule has 0 radical (unpaired) electrons. The van der Waals surface area contributed by atoms with Crippen LogP contribution in [0, 0.1) is 0 Å². The van der Waals surface area contributed by atoms with E-state index in [1.54, 1.807) is 18.4 Å². The number of benzene rings is 2. The number of fused-ring (bicyclic) bond motifs is 1. The average Bonchev–Trinajstić information content (AvgIpc) is 3.12. The third-order valence-electron chi connectivity index (χ3n) is 4.82. The monoisotopic (exact) mass is 366 g/mol. The Bertz CT molecular complexity index is 914. The summed E-state index contributed by atoms with van der Waals surface area (Å²) in [6.45, 7) is 1.69. The molecule has 0 saturated carbocycles. The molecule has 0 spiro atoms. The molecule has 1 aliphatic rings. The first-order valence-corrected chi connectivity index (χ1v) is 9.80. The minimum atomic E-state index is -0.00326. The van der Waals surface area contributed by atoms with Crippen molar-refractivity contribution in [1.29, 1.82) is 0 Å². The minimum Gasteiger partial charge on any atom is -0.496 e. The van der Waals surface area contributed by atoms with Crippen molar-refractivity contribution < 1.29 is 9.53 Å². The number of nitrogens with zero attached hydrogens (tertiary/aromatic N) is 1. The number of amides is 2. The van der Waals surface area contributed by atoms with Gasteiger partial charge in [-0.05, 0) is 48.6 Å². The van der Waals surface area contributed by atoms with Crippen molar-refractivity contribution in [1.82, 2.24) is 4.90 Å². The van der Waals surface area contributed by atoms with Crippen LogP contribution in [0.4, 0.5) is 9.80 Å². The van der Waals surface area contributed by atoms with Crippen LogP contribution in [0.5, 0.6) is 5.75 Å². The average molecular weight is 366 g/mol. The van der Waals surface area contributed by atoms with Gasteiger partial charge in [0.1, 0.15) is 5.75 Å². The van der Waals surface area contributed by atoms with Crippen molar-refractivity contribution >= 4 is 32.5 Å². The quantitative estimate of drug-likeness (QED) is 0.656. The summed E-state index contributed by atoms with van der Waals surface area (Å²) in [5.41, 5.74) is 2.32. The first-order chi connectivity index (χ1) is 12.8. The van der Waals surface area contributed by atoms with Crippen LogP contribution in [-0.4, -0.2) is 31.1 Å². The fourth-order valence-corrected chi connectivity index (χ4v) is 4.57. The lowest BCUT2D eigenvalue weighted by atomic mass is 10.0. The van der Waals surface area contributed by atoms with Gasteiger partial charge in [-0.25, -0.2) is 4.79 Å². The zero-order chi connectivity index (χ0) is 17.9. The Hall–Kier alpha value is -2.53. The van der Waals surface area contributed by atoms with Crippen molar-refractivity contribution in [3.05, 3.63) is 48.5 Å². The van der Waals surface area contributed by atoms with E-state index in [4.69, 9.17) is 4.74 Å². The number of hydrogen-bond donors (Lipinski definition) is 1. The molecule has 1 fully saturated rings. The van der Waals surface area contributed by atoms with Gasteiger partial charge in [0.2, 0.25) is 0 Å². The zero-order valence-electron chi connectivity index (χ0n) is 14.8. The van der Waals surface area contributed by atoms with Crippen molar-refractivity contribution in [2.24, 2.45) is 0 Å². The van der Waals surface area contributed by atoms with Crippen LogP contribution in [-0.2, 0) is 0 Å². The molecule has 0 aliphatic carbocycles. The summed E-state index contributed by atoms with van der Waals surface area (Å²) >= 11 is 1.60. The van der Waals surface area contributed by atoms with Gasteiger partial charge in [0.15, 0.2) is 0 Å². The molecular formula is C21H22N2O2S. The topological polar surface area (TPSA) is 41.6 Å². The molecule has 0 unspecified atom stereocenters. The van der Waals surface area contributed by atoms with E-state index >= 15 is 0 Å². The van der Waals surface area contributed by atoms with Gasteiger partial charge >= 0.3 is 6.03 Å². The van der Waals surface area contributed by atoms with Gasteiger partial charge in [-0.3, -0.25) is 5.32 Å². The summed E-state index contributed by atoms with van der Waals surface area (Å²) < 4.78 is 6.67. The molecule has 3 aromatic rings. The summed E-state index contributed by atoms with van der Waals surface area (Å²) in [4.78, 5) is 14.4. The molecule has 4 nitrogen and oxygen atoms in total. The fourth-order valence-electron chi connectivity index (χ4n) is 3.46. The Labute approximate surface area is 157 Å². The lowest BCUT2D eigenvalue weighted by Crippen LogP contribution is -2.38. The Morgan fingerprint density at radius 3 is 2.58 bits per heavy atom. The molecule has 1 N–H and O–H groups in total. The molecule has 2 amide bonds. The summed E-state index contributed by atoms with van der Waals surface area (Å²) in [7, 11) is 1.68. The molecule has 2 heterocycles. The number of ether oxygens (including phenoxy) is 1. The van der Waals surface area contributed by atoms with Crippen LogP contribution in [0.15, 0.2) is 48.5 Å². The number of nitrogens with one attached hydrogen (secondary N) is 1. The van der Waals surface area contributed by atoms with Gasteiger partial charge in [0.25, 0.3) is 0 Å². The van der Waals surface area contributed by atoms with Crippen LogP contribution >= 0.6 is 11.3 Å².